The van der Waals surface area contributed by atoms with Crippen LogP contribution in [0.5, 0.6) is 5.75 Å². The maximum Gasteiger partial charge on any atom is 0.119 e. The number of halogens is 1. The normalized spacial score (nSPS) is 12.2. The van der Waals surface area contributed by atoms with Gasteiger partial charge in [0.2, 0.25) is 0 Å². The smallest absolute Gasteiger partial charge is 0.119 e. The first-order valence-electron chi connectivity index (χ1n) is 6.66. The largest absolute Gasteiger partial charge is 0.497 e. The average Bonchev–Trinajstić information content (AvgIpc) is 2.40. The van der Waals surface area contributed by atoms with Crippen LogP contribution in [0.25, 0.3) is 0 Å². The fraction of sp³-hybridized carbons (Fsp3) is 0.294. The van der Waals surface area contributed by atoms with Crippen molar-refractivity contribution in [3.63, 3.8) is 0 Å². The summed E-state index contributed by atoms with van der Waals surface area (Å²) in [5, 5.41) is 0. The summed E-state index contributed by atoms with van der Waals surface area (Å²) in [4.78, 5) is 0. The van der Waals surface area contributed by atoms with Gasteiger partial charge in [-0.15, -0.1) is 0 Å². The summed E-state index contributed by atoms with van der Waals surface area (Å²) >= 11 is 3.58. The molecule has 0 aromatic heterocycles. The van der Waals surface area contributed by atoms with Crippen molar-refractivity contribution in [2.75, 3.05) is 7.11 Å². The molecule has 0 saturated carbocycles. The highest BCUT2D eigenvalue weighted by Crippen LogP contribution is 2.27. The van der Waals surface area contributed by atoms with Gasteiger partial charge in [0, 0.05) is 10.5 Å². The van der Waals surface area contributed by atoms with Crippen LogP contribution in [0.2, 0.25) is 0 Å². The maximum atomic E-state index is 6.36. The molecule has 0 amide bonds. The van der Waals surface area contributed by atoms with Crippen molar-refractivity contribution in [1.82, 2.24) is 0 Å². The van der Waals surface area contributed by atoms with Crippen LogP contribution in [-0.2, 0) is 6.42 Å². The fourth-order valence-electron chi connectivity index (χ4n) is 2.41. The van der Waals surface area contributed by atoms with E-state index >= 15 is 0 Å². The molecule has 2 nitrogen and oxygen atoms in total. The fourth-order valence-corrected chi connectivity index (χ4v) is 2.82. The average molecular weight is 334 g/mol. The van der Waals surface area contributed by atoms with Crippen molar-refractivity contribution in [2.45, 2.75) is 26.3 Å². The quantitative estimate of drug-likeness (QED) is 0.904. The molecule has 0 saturated heterocycles. The maximum absolute atomic E-state index is 6.36. The summed E-state index contributed by atoms with van der Waals surface area (Å²) in [6.07, 6.45) is 0.778. The Morgan fingerprint density at radius 1 is 1.10 bits per heavy atom. The lowest BCUT2D eigenvalue weighted by Gasteiger charge is -2.15. The van der Waals surface area contributed by atoms with Crippen molar-refractivity contribution in [1.29, 1.82) is 0 Å². The molecule has 0 bridgehead atoms. The zero-order valence-electron chi connectivity index (χ0n) is 12.1. The third-order valence-corrected chi connectivity index (χ3v) is 4.14. The van der Waals surface area contributed by atoms with Crippen LogP contribution in [0.15, 0.2) is 40.9 Å². The molecular formula is C17H20BrNO. The zero-order chi connectivity index (χ0) is 14.7. The van der Waals surface area contributed by atoms with Crippen molar-refractivity contribution in [3.8, 4) is 5.75 Å². The van der Waals surface area contributed by atoms with E-state index in [2.05, 4.69) is 48.0 Å². The first kappa shape index (κ1) is 15.1. The van der Waals surface area contributed by atoms with E-state index < -0.39 is 0 Å². The second kappa shape index (κ2) is 6.42. The SMILES string of the molecule is COc1ccc(Br)c(CC(N)c2cc(C)cc(C)c2)c1. The predicted octanol–water partition coefficient (Wildman–Crippen LogP) is 4.32. The second-order valence-corrected chi connectivity index (χ2v) is 6.04. The Bertz CT molecular complexity index is 590. The Morgan fingerprint density at radius 3 is 2.35 bits per heavy atom. The number of methoxy groups -OCH3 is 1. The molecule has 0 aliphatic heterocycles. The molecule has 3 heteroatoms. The first-order valence-corrected chi connectivity index (χ1v) is 7.45. The van der Waals surface area contributed by atoms with Gasteiger partial charge < -0.3 is 10.5 Å². The number of hydrogen-bond acceptors (Lipinski definition) is 2. The Hall–Kier alpha value is -1.32. The molecule has 0 radical (unpaired) electrons. The zero-order valence-corrected chi connectivity index (χ0v) is 13.7. The van der Waals surface area contributed by atoms with E-state index in [0.717, 1.165) is 22.2 Å². The molecule has 20 heavy (non-hydrogen) atoms. The van der Waals surface area contributed by atoms with Gasteiger partial charge in [-0.2, -0.15) is 0 Å². The highest BCUT2D eigenvalue weighted by atomic mass is 79.9. The lowest BCUT2D eigenvalue weighted by molar-refractivity contribution is 0.414. The van der Waals surface area contributed by atoms with Gasteiger partial charge in [0.25, 0.3) is 0 Å². The third kappa shape index (κ3) is 3.62. The van der Waals surface area contributed by atoms with E-state index in [1.807, 2.05) is 18.2 Å². The Labute approximate surface area is 129 Å². The number of benzene rings is 2. The summed E-state index contributed by atoms with van der Waals surface area (Å²) in [7, 11) is 1.68. The molecule has 0 heterocycles. The molecule has 1 atom stereocenters. The molecule has 2 aromatic rings. The minimum atomic E-state index is -0.0167. The van der Waals surface area contributed by atoms with Crippen LogP contribution in [-0.4, -0.2) is 7.11 Å². The van der Waals surface area contributed by atoms with E-state index in [4.69, 9.17) is 10.5 Å². The van der Waals surface area contributed by atoms with Gasteiger partial charge in [-0.05, 0) is 49.6 Å². The number of ether oxygens (including phenoxy) is 1. The lowest BCUT2D eigenvalue weighted by Crippen LogP contribution is -2.14. The highest BCUT2D eigenvalue weighted by molar-refractivity contribution is 9.10. The summed E-state index contributed by atoms with van der Waals surface area (Å²) < 4.78 is 6.34. The summed E-state index contributed by atoms with van der Waals surface area (Å²) in [6, 6.07) is 12.4. The van der Waals surface area contributed by atoms with E-state index in [0.29, 0.717) is 0 Å². The topological polar surface area (TPSA) is 35.2 Å². The van der Waals surface area contributed by atoms with Crippen LogP contribution in [0, 0.1) is 13.8 Å². The van der Waals surface area contributed by atoms with E-state index in [9.17, 15) is 0 Å². The third-order valence-electron chi connectivity index (χ3n) is 3.36. The van der Waals surface area contributed by atoms with Gasteiger partial charge in [-0.25, -0.2) is 0 Å². The molecule has 106 valence electrons. The first-order chi connectivity index (χ1) is 9.49. The highest BCUT2D eigenvalue weighted by Gasteiger charge is 2.11. The minimum Gasteiger partial charge on any atom is -0.497 e. The molecule has 2 aromatic carbocycles. The molecule has 0 aliphatic rings. The number of nitrogens with two attached hydrogens (primary N) is 1. The van der Waals surface area contributed by atoms with Crippen molar-refractivity contribution in [2.24, 2.45) is 5.73 Å². The number of rotatable bonds is 4. The monoisotopic (exact) mass is 333 g/mol. The van der Waals surface area contributed by atoms with Gasteiger partial charge >= 0.3 is 0 Å². The van der Waals surface area contributed by atoms with Crippen molar-refractivity contribution >= 4 is 15.9 Å². The molecule has 2 N–H and O–H groups in total. The van der Waals surface area contributed by atoms with Crippen LogP contribution in [0.1, 0.15) is 28.3 Å². The van der Waals surface area contributed by atoms with E-state index in [-0.39, 0.29) is 6.04 Å². The second-order valence-electron chi connectivity index (χ2n) is 5.19. The molecular weight excluding hydrogens is 314 g/mol. The van der Waals surface area contributed by atoms with E-state index in [1.165, 1.54) is 16.7 Å². The summed E-state index contributed by atoms with van der Waals surface area (Å²) in [5.74, 6) is 0.857. The van der Waals surface area contributed by atoms with Gasteiger partial charge in [0.05, 0.1) is 7.11 Å². The van der Waals surface area contributed by atoms with Gasteiger partial charge in [0.1, 0.15) is 5.75 Å². The minimum absolute atomic E-state index is 0.0167. The number of hydrogen-bond donors (Lipinski definition) is 1. The van der Waals surface area contributed by atoms with E-state index in [1.54, 1.807) is 7.11 Å². The Balaban J connectivity index is 2.24. The van der Waals surface area contributed by atoms with Gasteiger partial charge in [-0.1, -0.05) is 45.3 Å². The Kier molecular flexibility index (Phi) is 4.84. The summed E-state index contributed by atoms with van der Waals surface area (Å²) in [5.41, 5.74) is 11.2. The van der Waals surface area contributed by atoms with Crippen molar-refractivity contribution < 1.29 is 4.74 Å². The Morgan fingerprint density at radius 2 is 1.75 bits per heavy atom. The predicted molar refractivity (Wildman–Crippen MR) is 87.2 cm³/mol. The standard InChI is InChI=1S/C17H20BrNO/c1-11-6-12(2)8-14(7-11)17(19)10-13-9-15(20-3)4-5-16(13)18/h4-9,17H,10,19H2,1-3H3. The molecule has 0 aliphatic carbocycles. The summed E-state index contributed by atoms with van der Waals surface area (Å²) in [6.45, 7) is 4.20. The van der Waals surface area contributed by atoms with Crippen LogP contribution < -0.4 is 10.5 Å². The van der Waals surface area contributed by atoms with Crippen LogP contribution in [0.4, 0.5) is 0 Å². The van der Waals surface area contributed by atoms with Crippen LogP contribution >= 0.6 is 15.9 Å². The molecule has 0 fully saturated rings. The molecule has 0 spiro atoms. The van der Waals surface area contributed by atoms with Gasteiger partial charge in [-0.3, -0.25) is 0 Å². The van der Waals surface area contributed by atoms with Gasteiger partial charge in [0.15, 0.2) is 0 Å². The lowest BCUT2D eigenvalue weighted by atomic mass is 9.96. The van der Waals surface area contributed by atoms with Crippen molar-refractivity contribution in [3.05, 3.63) is 63.1 Å². The molecule has 1 unspecified atom stereocenters. The molecule has 2 rings (SSSR count). The van der Waals surface area contributed by atoms with Crippen LogP contribution in [0.3, 0.4) is 0 Å². The number of aryl methyl sites for hydroxylation is 2.